The zero-order valence-electron chi connectivity index (χ0n) is 60.6. The Balaban J connectivity index is 0.652. The second-order valence-corrected chi connectivity index (χ2v) is 30.8. The number of pyridine rings is 2. The number of halogens is 8. The number of rotatable bonds is 22. The number of aromatic amines is 2. The first kappa shape index (κ1) is 76.3. The molecule has 10 heterocycles. The van der Waals surface area contributed by atoms with Gasteiger partial charge in [0.15, 0.2) is 0 Å². The second-order valence-electron chi connectivity index (χ2n) is 30.0. The average Bonchev–Trinajstić information content (AvgIpc) is 1.71. The number of aryl methyl sites for hydroxylation is 1. The van der Waals surface area contributed by atoms with Gasteiger partial charge in [-0.05, 0) is 180 Å². The van der Waals surface area contributed by atoms with E-state index in [1.807, 2.05) is 29.2 Å². The number of Topliss-reactive ketones (excluding diaryl/α,β-unsaturated/α-hetero) is 1. The van der Waals surface area contributed by atoms with Crippen LogP contribution in [0.25, 0.3) is 44.1 Å². The van der Waals surface area contributed by atoms with E-state index in [2.05, 4.69) is 51.5 Å². The molecule has 6 aliphatic rings. The number of methoxy groups -OCH3 is 2. The smallest absolute Gasteiger partial charge is 0.418 e. The predicted molar refractivity (Wildman–Crippen MR) is 402 cm³/mol. The molecule has 31 heteroatoms. The molecular weight excluding hydrogens is 1460 g/mol. The van der Waals surface area contributed by atoms with Gasteiger partial charge >= 0.3 is 12.4 Å². The number of H-pyrrole nitrogens is 2. The van der Waals surface area contributed by atoms with Crippen LogP contribution in [-0.2, 0) is 62.9 Å². The fourth-order valence-corrected chi connectivity index (χ4v) is 17.6. The van der Waals surface area contributed by atoms with Crippen LogP contribution in [0.4, 0.5) is 49.1 Å². The zero-order chi connectivity index (χ0) is 76.7. The number of benzene rings is 4. The molecule has 4 aromatic heterocycles. The Morgan fingerprint density at radius 1 is 0.587 bits per heavy atom. The first-order chi connectivity index (χ1) is 52.2. The minimum Gasteiger partial charge on any atom is -0.496 e. The van der Waals surface area contributed by atoms with Crippen LogP contribution < -0.4 is 51.7 Å². The Morgan fingerprint density at radius 3 is 1.60 bits per heavy atom. The van der Waals surface area contributed by atoms with E-state index >= 15 is 0 Å². The first-order valence-corrected chi connectivity index (χ1v) is 37.9. The van der Waals surface area contributed by atoms with Crippen LogP contribution in [0.5, 0.6) is 11.5 Å². The lowest BCUT2D eigenvalue weighted by molar-refractivity contribution is -0.138. The van der Waals surface area contributed by atoms with Crippen molar-refractivity contribution in [3.63, 3.8) is 0 Å². The fourth-order valence-electron chi connectivity index (χ4n) is 17.0. The maximum atomic E-state index is 14.9. The van der Waals surface area contributed by atoms with Gasteiger partial charge in [-0.3, -0.25) is 64.2 Å². The summed E-state index contributed by atoms with van der Waals surface area (Å²) in [6.07, 6.45) is 5.50. The highest BCUT2D eigenvalue weighted by molar-refractivity contribution is 6.32. The molecule has 23 nitrogen and oxygen atoms in total. The quantitative estimate of drug-likeness (QED) is 0.0272. The minimum absolute atomic E-state index is 0.0203. The van der Waals surface area contributed by atoms with Gasteiger partial charge < -0.3 is 39.0 Å². The number of piperidine rings is 6. The number of carbonyl (C=O) groups is 5. The van der Waals surface area contributed by atoms with Gasteiger partial charge in [-0.1, -0.05) is 36.0 Å². The van der Waals surface area contributed by atoms with Gasteiger partial charge in [0.2, 0.25) is 23.6 Å². The van der Waals surface area contributed by atoms with Crippen molar-refractivity contribution in [2.45, 2.75) is 140 Å². The third kappa shape index (κ3) is 16.7. The van der Waals surface area contributed by atoms with Gasteiger partial charge in [-0.15, -0.1) is 0 Å². The molecule has 0 saturated carbocycles. The topological polar surface area (TPSA) is 266 Å². The van der Waals surface area contributed by atoms with E-state index in [-0.39, 0.29) is 103 Å². The molecule has 6 fully saturated rings. The van der Waals surface area contributed by atoms with Gasteiger partial charge in [0, 0.05) is 149 Å². The molecule has 0 aliphatic carbocycles. The number of amides is 4. The molecule has 0 bridgehead atoms. The van der Waals surface area contributed by atoms with E-state index in [4.69, 9.17) is 32.7 Å². The number of alkyl halides is 6. The third-order valence-corrected chi connectivity index (χ3v) is 23.8. The van der Waals surface area contributed by atoms with Gasteiger partial charge in [0.05, 0.1) is 44.3 Å². The molecule has 14 rings (SSSR count). The lowest BCUT2D eigenvalue weighted by atomic mass is 9.84. The van der Waals surface area contributed by atoms with E-state index in [0.717, 1.165) is 80.4 Å². The van der Waals surface area contributed by atoms with Crippen molar-refractivity contribution in [3.05, 3.63) is 138 Å². The lowest BCUT2D eigenvalue weighted by Crippen LogP contribution is -2.50. The van der Waals surface area contributed by atoms with E-state index in [9.17, 15) is 59.9 Å². The van der Waals surface area contributed by atoms with E-state index in [1.165, 1.54) is 22.8 Å². The van der Waals surface area contributed by atoms with Crippen LogP contribution in [0.3, 0.4) is 0 Å². The molecule has 8 aromatic rings. The Kier molecular flexibility index (Phi) is 22.3. The van der Waals surface area contributed by atoms with Crippen molar-refractivity contribution < 1.29 is 59.8 Å². The van der Waals surface area contributed by atoms with Gasteiger partial charge in [-0.2, -0.15) is 36.5 Å². The highest BCUT2D eigenvalue weighted by Gasteiger charge is 2.41. The largest absolute Gasteiger partial charge is 0.496 e. The highest BCUT2D eigenvalue weighted by atomic mass is 35.5. The van der Waals surface area contributed by atoms with Crippen molar-refractivity contribution in [2.24, 2.45) is 30.7 Å². The molecule has 0 radical (unpaired) electrons. The van der Waals surface area contributed by atoms with Crippen molar-refractivity contribution in [2.75, 3.05) is 87.0 Å². The van der Waals surface area contributed by atoms with Crippen LogP contribution >= 0.6 is 23.2 Å². The summed E-state index contributed by atoms with van der Waals surface area (Å²) in [5.74, 6) is -0.647. The van der Waals surface area contributed by atoms with Crippen LogP contribution in [0, 0.1) is 23.7 Å². The van der Waals surface area contributed by atoms with Crippen LogP contribution in [0.1, 0.15) is 112 Å². The summed E-state index contributed by atoms with van der Waals surface area (Å²) in [4.78, 5) is 98.8. The van der Waals surface area contributed by atoms with E-state index in [1.54, 1.807) is 61.6 Å². The normalized spacial score (nSPS) is 20.6. The number of carbonyl (C=O) groups excluding carboxylic acids is 5. The Morgan fingerprint density at radius 2 is 1.07 bits per heavy atom. The summed E-state index contributed by atoms with van der Waals surface area (Å²) < 4.78 is 104. The molecule has 578 valence electrons. The van der Waals surface area contributed by atoms with Crippen molar-refractivity contribution in [3.8, 4) is 33.8 Å². The standard InChI is InChI=1S/C78H86Cl2F6N14O9/c1-95-39-55(53-36-87-93-71(53)75(95)106)47-30-60(79)52(67(32-47)108-2)29-45-18-25-99(42-66(101)46-19-26-98(27-20-46)65-11-7-50(35-59(65)78(84,85)86)90-63-9-13-70(103)92-74(63)105)51(28-45)38-100-41-56(54-37-88-94-72(54)76(100)107)48-31-61(80)57(68(33-48)109-3)40-96-21-14-43(15-22-96)4-5-44-16-23-97(24-17-44)64-10-6-49(34-58(64)77(81,82)83)89-62-8-12-69(102)91-73(62)104/h6-7,10-11,30-37,39,41,43-46,51,62-63,89-90H,4-5,8-9,12-29,38,40,42H2,1-3H3,(H,87,93)(H,88,94)(H,91,102,104)(H,92,103,105). The van der Waals surface area contributed by atoms with Crippen LogP contribution in [0.15, 0.2) is 95.0 Å². The Bertz CT molecular complexity index is 4920. The molecule has 6 saturated heterocycles. The first-order valence-electron chi connectivity index (χ1n) is 37.2. The molecule has 4 atom stereocenters. The maximum absolute atomic E-state index is 14.9. The molecule has 4 amide bonds. The Labute approximate surface area is 633 Å². The maximum Gasteiger partial charge on any atom is 0.418 e. The monoisotopic (exact) mass is 1550 g/mol. The summed E-state index contributed by atoms with van der Waals surface area (Å²) in [5, 5.41) is 26.5. The highest BCUT2D eigenvalue weighted by Crippen LogP contribution is 2.45. The summed E-state index contributed by atoms with van der Waals surface area (Å²) in [7, 11) is 4.82. The van der Waals surface area contributed by atoms with Crippen molar-refractivity contribution >= 4 is 97.2 Å². The molecule has 4 unspecified atom stereocenters. The van der Waals surface area contributed by atoms with Gasteiger partial charge in [0.1, 0.15) is 40.4 Å². The number of ketones is 1. The number of nitrogens with one attached hydrogen (secondary N) is 6. The fraction of sp³-hybridized carbons (Fsp3) is 0.474. The number of ether oxygens (including phenoxy) is 2. The minimum atomic E-state index is -4.75. The molecular formula is C78H86Cl2F6N14O9. The second kappa shape index (κ2) is 31.9. The number of hydrogen-bond acceptors (Lipinski definition) is 17. The number of aromatic nitrogens is 6. The van der Waals surface area contributed by atoms with Gasteiger partial charge in [-0.25, -0.2) is 0 Å². The summed E-state index contributed by atoms with van der Waals surface area (Å²) in [6, 6.07) is 13.4. The molecule has 4 aromatic carbocycles. The van der Waals surface area contributed by atoms with E-state index in [0.29, 0.717) is 125 Å². The van der Waals surface area contributed by atoms with Gasteiger partial charge in [0.25, 0.3) is 11.1 Å². The molecule has 6 N–H and O–H groups in total. The third-order valence-electron chi connectivity index (χ3n) is 23.1. The summed E-state index contributed by atoms with van der Waals surface area (Å²) in [5.41, 5.74) is 3.01. The van der Waals surface area contributed by atoms with Crippen LogP contribution in [0.2, 0.25) is 10.0 Å². The number of imide groups is 2. The number of likely N-dealkylation sites (tertiary alicyclic amines) is 2. The predicted octanol–water partition coefficient (Wildman–Crippen LogP) is 12.1. The number of nitrogens with zero attached hydrogens (tertiary/aromatic N) is 8. The van der Waals surface area contributed by atoms with Crippen molar-refractivity contribution in [1.29, 1.82) is 0 Å². The average molecular weight is 1550 g/mol. The molecule has 0 spiro atoms. The summed E-state index contributed by atoms with van der Waals surface area (Å²) in [6.45, 7) is 4.10. The number of hydrogen-bond donors (Lipinski definition) is 6. The Hall–Kier alpha value is -9.45. The van der Waals surface area contributed by atoms with Crippen molar-refractivity contribution in [1.82, 2.24) is 50.0 Å². The number of anilines is 4. The zero-order valence-corrected chi connectivity index (χ0v) is 62.1. The molecule has 6 aliphatic heterocycles. The number of fused-ring (bicyclic) bond motifs is 2. The SMILES string of the molecule is COc1cc(-c2cn(C)c(=O)c3[nH]ncc23)cc(Cl)c1CC1CCN(CC(=O)C2CCN(c3ccc(NC4CCC(=O)NC4=O)cc3C(F)(F)F)CC2)C(Cn2cc(-c3cc(Cl)c(CN4CCC(CCC5CCN(c6ccc(NC7CCC(=O)NC7=O)cc6C(F)(F)F)CC5)CC4)c(OC)c3)c3cn[nH]c3c2=O)C1. The molecule has 109 heavy (non-hydrogen) atoms. The van der Waals surface area contributed by atoms with Crippen LogP contribution in [-0.4, -0.2) is 153 Å². The van der Waals surface area contributed by atoms with E-state index < -0.39 is 71.2 Å². The summed E-state index contributed by atoms with van der Waals surface area (Å²) >= 11 is 14.6. The lowest BCUT2D eigenvalue weighted by Gasteiger charge is -2.41.